The van der Waals surface area contributed by atoms with Crippen molar-refractivity contribution >= 4 is 0 Å². The molecule has 0 amide bonds. The van der Waals surface area contributed by atoms with E-state index in [0.717, 1.165) is 19.4 Å². The lowest BCUT2D eigenvalue weighted by molar-refractivity contribution is -0.328. The number of piperidine rings is 1. The number of alkyl halides is 3. The van der Waals surface area contributed by atoms with E-state index in [0.29, 0.717) is 6.54 Å². The van der Waals surface area contributed by atoms with Gasteiger partial charge in [0, 0.05) is 6.54 Å². The third kappa shape index (κ3) is 5.34. The quantitative estimate of drug-likeness (QED) is 0.741. The molecule has 0 radical (unpaired) electrons. The van der Waals surface area contributed by atoms with Crippen LogP contribution in [0, 0.1) is 0 Å². The largest absolute Gasteiger partial charge is 0.522 e. The molecule has 90 valence electrons. The first-order chi connectivity index (χ1) is 6.91. The van der Waals surface area contributed by atoms with Gasteiger partial charge in [0.1, 0.15) is 0 Å². The zero-order valence-corrected chi connectivity index (χ0v) is 8.69. The first-order valence-electron chi connectivity index (χ1n) is 4.97. The van der Waals surface area contributed by atoms with E-state index in [1.54, 1.807) is 0 Å². The highest BCUT2D eigenvalue weighted by Gasteiger charge is 2.30. The van der Waals surface area contributed by atoms with Gasteiger partial charge in [0.15, 0.2) is 0 Å². The zero-order chi connectivity index (χ0) is 11.4. The van der Waals surface area contributed by atoms with Gasteiger partial charge >= 0.3 is 6.36 Å². The van der Waals surface area contributed by atoms with Crippen LogP contribution < -0.4 is 5.32 Å². The number of rotatable bonds is 4. The monoisotopic (exact) mass is 227 g/mol. The molecule has 1 saturated heterocycles. The number of ether oxygens (including phenoxy) is 2. The van der Waals surface area contributed by atoms with Gasteiger partial charge in [-0.2, -0.15) is 0 Å². The Kier molecular flexibility index (Phi) is 4.36. The third-order valence-corrected chi connectivity index (χ3v) is 2.36. The van der Waals surface area contributed by atoms with E-state index in [9.17, 15) is 13.2 Å². The molecule has 1 rings (SSSR count). The van der Waals surface area contributed by atoms with Gasteiger partial charge in [0.25, 0.3) is 0 Å². The van der Waals surface area contributed by atoms with E-state index >= 15 is 0 Å². The van der Waals surface area contributed by atoms with Crippen molar-refractivity contribution in [1.82, 2.24) is 5.32 Å². The Balaban J connectivity index is 2.13. The molecular formula is C9H16F3NO2. The lowest BCUT2D eigenvalue weighted by Crippen LogP contribution is -2.45. The Bertz CT molecular complexity index is 190. The molecule has 0 aromatic rings. The summed E-state index contributed by atoms with van der Waals surface area (Å²) in [7, 11) is 0. The first-order valence-corrected chi connectivity index (χ1v) is 4.97. The first kappa shape index (κ1) is 12.7. The standard InChI is InChI=1S/C9H16F3NO2/c1-8(3-2-4-13-7-8)14-5-6-15-9(10,11)12/h13H,2-7H2,1H3. The van der Waals surface area contributed by atoms with Gasteiger partial charge in [-0.1, -0.05) is 0 Å². The molecule has 1 aliphatic heterocycles. The van der Waals surface area contributed by atoms with Crippen LogP contribution in [0.3, 0.4) is 0 Å². The molecule has 3 nitrogen and oxygen atoms in total. The lowest BCUT2D eigenvalue weighted by atomic mass is 9.96. The van der Waals surface area contributed by atoms with Gasteiger partial charge < -0.3 is 10.1 Å². The fraction of sp³-hybridized carbons (Fsp3) is 1.00. The topological polar surface area (TPSA) is 30.5 Å². The zero-order valence-electron chi connectivity index (χ0n) is 8.69. The normalized spacial score (nSPS) is 28.0. The van der Waals surface area contributed by atoms with Gasteiger partial charge in [0.05, 0.1) is 18.8 Å². The molecule has 1 fully saturated rings. The number of halogens is 3. The Morgan fingerprint density at radius 3 is 2.60 bits per heavy atom. The average Bonchev–Trinajstić information content (AvgIpc) is 2.12. The minimum atomic E-state index is -4.56. The van der Waals surface area contributed by atoms with Crippen LogP contribution in [0.1, 0.15) is 19.8 Å². The van der Waals surface area contributed by atoms with Crippen molar-refractivity contribution < 1.29 is 22.6 Å². The summed E-state index contributed by atoms with van der Waals surface area (Å²) >= 11 is 0. The van der Waals surface area contributed by atoms with Crippen LogP contribution in [-0.2, 0) is 9.47 Å². The van der Waals surface area contributed by atoms with Crippen molar-refractivity contribution in [3.8, 4) is 0 Å². The second-order valence-electron chi connectivity index (χ2n) is 3.87. The van der Waals surface area contributed by atoms with E-state index < -0.39 is 13.0 Å². The van der Waals surface area contributed by atoms with Crippen LogP contribution in [0.15, 0.2) is 0 Å². The van der Waals surface area contributed by atoms with E-state index in [1.807, 2.05) is 6.92 Å². The minimum Gasteiger partial charge on any atom is -0.372 e. The fourth-order valence-electron chi connectivity index (χ4n) is 1.60. The van der Waals surface area contributed by atoms with Crippen molar-refractivity contribution in [1.29, 1.82) is 0 Å². The molecule has 0 aromatic heterocycles. The molecule has 0 saturated carbocycles. The highest BCUT2D eigenvalue weighted by molar-refractivity contribution is 4.82. The highest BCUT2D eigenvalue weighted by atomic mass is 19.4. The fourth-order valence-corrected chi connectivity index (χ4v) is 1.60. The molecule has 1 N–H and O–H groups in total. The van der Waals surface area contributed by atoms with Gasteiger partial charge in [-0.05, 0) is 26.3 Å². The van der Waals surface area contributed by atoms with Crippen LogP contribution in [0.4, 0.5) is 13.2 Å². The smallest absolute Gasteiger partial charge is 0.372 e. The predicted octanol–water partition coefficient (Wildman–Crippen LogP) is 1.68. The Hall–Kier alpha value is -0.330. The Labute approximate surface area is 86.9 Å². The summed E-state index contributed by atoms with van der Waals surface area (Å²) in [5.41, 5.74) is -0.354. The van der Waals surface area contributed by atoms with Crippen molar-refractivity contribution in [3.05, 3.63) is 0 Å². The summed E-state index contributed by atoms with van der Waals surface area (Å²) in [6.45, 7) is 3.04. The molecule has 15 heavy (non-hydrogen) atoms. The third-order valence-electron chi connectivity index (χ3n) is 2.36. The molecule has 1 aliphatic rings. The summed E-state index contributed by atoms with van der Waals surface area (Å²) in [5.74, 6) is 0. The molecule has 1 unspecified atom stereocenters. The number of hydrogen-bond donors (Lipinski definition) is 1. The van der Waals surface area contributed by atoms with Crippen LogP contribution in [0.5, 0.6) is 0 Å². The predicted molar refractivity (Wildman–Crippen MR) is 48.5 cm³/mol. The molecular weight excluding hydrogens is 211 g/mol. The van der Waals surface area contributed by atoms with Gasteiger partial charge in [-0.3, -0.25) is 4.74 Å². The molecule has 0 aromatic carbocycles. The average molecular weight is 227 g/mol. The second-order valence-corrected chi connectivity index (χ2v) is 3.87. The summed E-state index contributed by atoms with van der Waals surface area (Å²) in [6.07, 6.45) is -2.71. The van der Waals surface area contributed by atoms with Crippen LogP contribution in [0.2, 0.25) is 0 Å². The van der Waals surface area contributed by atoms with Crippen molar-refractivity contribution in [2.75, 3.05) is 26.3 Å². The molecule has 1 heterocycles. The molecule has 0 bridgehead atoms. The highest BCUT2D eigenvalue weighted by Crippen LogP contribution is 2.20. The van der Waals surface area contributed by atoms with Gasteiger partial charge in [0.2, 0.25) is 0 Å². The minimum absolute atomic E-state index is 0.0301. The molecule has 6 heteroatoms. The maximum atomic E-state index is 11.6. The molecule has 1 atom stereocenters. The van der Waals surface area contributed by atoms with Crippen molar-refractivity contribution in [2.45, 2.75) is 31.7 Å². The second kappa shape index (κ2) is 5.14. The lowest BCUT2D eigenvalue weighted by Gasteiger charge is -2.34. The van der Waals surface area contributed by atoms with Crippen molar-refractivity contribution in [3.63, 3.8) is 0 Å². The van der Waals surface area contributed by atoms with E-state index in [1.165, 1.54) is 0 Å². The summed E-state index contributed by atoms with van der Waals surface area (Å²) in [4.78, 5) is 0. The SMILES string of the molecule is CC1(OCCOC(F)(F)F)CCCNC1. The molecule has 0 spiro atoms. The van der Waals surface area contributed by atoms with Crippen molar-refractivity contribution in [2.24, 2.45) is 0 Å². The summed E-state index contributed by atoms with van der Waals surface area (Å²) < 4.78 is 43.9. The maximum Gasteiger partial charge on any atom is 0.522 e. The number of nitrogens with one attached hydrogen (secondary N) is 1. The Morgan fingerprint density at radius 1 is 1.33 bits per heavy atom. The van der Waals surface area contributed by atoms with E-state index in [4.69, 9.17) is 4.74 Å². The van der Waals surface area contributed by atoms with E-state index in [2.05, 4.69) is 10.1 Å². The summed E-state index contributed by atoms with van der Waals surface area (Å²) in [6, 6.07) is 0. The number of hydrogen-bond acceptors (Lipinski definition) is 3. The molecule has 0 aliphatic carbocycles. The van der Waals surface area contributed by atoms with E-state index in [-0.39, 0.29) is 12.2 Å². The van der Waals surface area contributed by atoms with Gasteiger partial charge in [-0.25, -0.2) is 0 Å². The summed E-state index contributed by atoms with van der Waals surface area (Å²) in [5, 5.41) is 3.14. The van der Waals surface area contributed by atoms with Crippen LogP contribution >= 0.6 is 0 Å². The van der Waals surface area contributed by atoms with Gasteiger partial charge in [-0.15, -0.1) is 13.2 Å². The van der Waals surface area contributed by atoms with Crippen LogP contribution in [0.25, 0.3) is 0 Å². The maximum absolute atomic E-state index is 11.6. The van der Waals surface area contributed by atoms with Crippen LogP contribution in [-0.4, -0.2) is 38.3 Å². The Morgan fingerprint density at radius 2 is 2.07 bits per heavy atom.